The van der Waals surface area contributed by atoms with E-state index < -0.39 is 0 Å². The number of nitrogens with zero attached hydrogens (tertiary/aromatic N) is 2. The molecule has 3 heteroatoms. The predicted molar refractivity (Wildman–Crippen MR) is 133 cm³/mol. The van der Waals surface area contributed by atoms with Crippen molar-refractivity contribution in [2.45, 2.75) is 104 Å². The molecule has 1 heterocycles. The van der Waals surface area contributed by atoms with Crippen LogP contribution in [0, 0.1) is 5.92 Å². The van der Waals surface area contributed by atoms with E-state index in [1.807, 2.05) is 24.5 Å². The average molecular weight is 425 g/mol. The van der Waals surface area contributed by atoms with Crippen molar-refractivity contribution in [1.82, 2.24) is 9.97 Å². The number of aromatic nitrogens is 2. The van der Waals surface area contributed by atoms with Gasteiger partial charge in [0.05, 0.1) is 6.61 Å². The molecule has 172 valence electrons. The highest BCUT2D eigenvalue weighted by molar-refractivity contribution is 5.55. The number of benzene rings is 1. The third-order valence-electron chi connectivity index (χ3n) is 6.19. The third kappa shape index (κ3) is 10.8. The fourth-order valence-electron chi connectivity index (χ4n) is 3.79. The van der Waals surface area contributed by atoms with Crippen LogP contribution in [-0.2, 0) is 6.42 Å². The standard InChI is InChI=1S/C28H44N2O/c1-4-6-7-8-9-10-11-12-16-25-22-29-28(30-23-25)26-17-19-27(20-18-26)31-21-14-13-15-24(3)5-2/h17-20,22-24H,4-16,21H2,1-3H3. The summed E-state index contributed by atoms with van der Waals surface area (Å²) in [4.78, 5) is 9.17. The maximum atomic E-state index is 5.88. The van der Waals surface area contributed by atoms with E-state index in [-0.39, 0.29) is 0 Å². The summed E-state index contributed by atoms with van der Waals surface area (Å²) in [7, 11) is 0. The maximum Gasteiger partial charge on any atom is 0.159 e. The Hall–Kier alpha value is -1.90. The van der Waals surface area contributed by atoms with E-state index in [1.54, 1.807) is 0 Å². The molecule has 0 saturated carbocycles. The van der Waals surface area contributed by atoms with Crippen LogP contribution in [0.1, 0.15) is 103 Å². The average Bonchev–Trinajstić information content (AvgIpc) is 2.81. The molecule has 0 radical (unpaired) electrons. The maximum absolute atomic E-state index is 5.88. The van der Waals surface area contributed by atoms with Gasteiger partial charge in [-0.3, -0.25) is 0 Å². The molecule has 1 aromatic heterocycles. The van der Waals surface area contributed by atoms with Crippen molar-refractivity contribution in [3.8, 4) is 17.1 Å². The SMILES string of the molecule is CCCCCCCCCCc1cnc(-c2ccc(OCCCCC(C)CC)cc2)nc1. The molecule has 1 aromatic carbocycles. The monoisotopic (exact) mass is 424 g/mol. The molecule has 0 fully saturated rings. The lowest BCUT2D eigenvalue weighted by atomic mass is 10.0. The van der Waals surface area contributed by atoms with Crippen molar-refractivity contribution in [3.63, 3.8) is 0 Å². The summed E-state index contributed by atoms with van der Waals surface area (Å²) >= 11 is 0. The number of hydrogen-bond acceptors (Lipinski definition) is 3. The van der Waals surface area contributed by atoms with Crippen LogP contribution in [0.25, 0.3) is 11.4 Å². The van der Waals surface area contributed by atoms with E-state index in [0.717, 1.165) is 42.5 Å². The molecule has 1 unspecified atom stereocenters. The van der Waals surface area contributed by atoms with E-state index in [4.69, 9.17) is 4.74 Å². The van der Waals surface area contributed by atoms with Crippen LogP contribution in [0.3, 0.4) is 0 Å². The van der Waals surface area contributed by atoms with Crippen molar-refractivity contribution in [2.75, 3.05) is 6.61 Å². The first-order valence-electron chi connectivity index (χ1n) is 12.8. The normalized spacial score (nSPS) is 12.1. The van der Waals surface area contributed by atoms with Crippen molar-refractivity contribution < 1.29 is 4.74 Å². The van der Waals surface area contributed by atoms with Gasteiger partial charge in [0, 0.05) is 18.0 Å². The van der Waals surface area contributed by atoms with Gasteiger partial charge in [0.2, 0.25) is 0 Å². The number of hydrogen-bond donors (Lipinski definition) is 0. The summed E-state index contributed by atoms with van der Waals surface area (Å²) in [6, 6.07) is 8.17. The van der Waals surface area contributed by atoms with E-state index >= 15 is 0 Å². The Morgan fingerprint density at radius 3 is 2.06 bits per heavy atom. The first-order valence-corrected chi connectivity index (χ1v) is 12.8. The molecule has 0 saturated heterocycles. The van der Waals surface area contributed by atoms with Gasteiger partial charge in [0.15, 0.2) is 5.82 Å². The van der Waals surface area contributed by atoms with Crippen LogP contribution in [0.4, 0.5) is 0 Å². The molecule has 0 N–H and O–H groups in total. The van der Waals surface area contributed by atoms with E-state index in [2.05, 4.69) is 42.9 Å². The van der Waals surface area contributed by atoms with Crippen LogP contribution in [0.5, 0.6) is 5.75 Å². The molecule has 0 bridgehead atoms. The third-order valence-corrected chi connectivity index (χ3v) is 6.19. The fourth-order valence-corrected chi connectivity index (χ4v) is 3.79. The summed E-state index contributed by atoms with van der Waals surface area (Å²) in [5.41, 5.74) is 2.29. The number of rotatable bonds is 17. The topological polar surface area (TPSA) is 35.0 Å². The second-order valence-corrected chi connectivity index (χ2v) is 9.02. The summed E-state index contributed by atoms with van der Waals surface area (Å²) in [6.07, 6.45) is 20.8. The summed E-state index contributed by atoms with van der Waals surface area (Å²) in [5, 5.41) is 0. The van der Waals surface area contributed by atoms with Crippen LogP contribution in [0.15, 0.2) is 36.7 Å². The number of aryl methyl sites for hydroxylation is 1. The molecule has 0 amide bonds. The minimum atomic E-state index is 0.791. The van der Waals surface area contributed by atoms with Gasteiger partial charge in [-0.25, -0.2) is 9.97 Å². The number of unbranched alkanes of at least 4 members (excludes halogenated alkanes) is 8. The smallest absolute Gasteiger partial charge is 0.159 e. The van der Waals surface area contributed by atoms with Gasteiger partial charge in [-0.2, -0.15) is 0 Å². The molecule has 0 aliphatic heterocycles. The Labute approximate surface area is 191 Å². The van der Waals surface area contributed by atoms with Gasteiger partial charge in [-0.1, -0.05) is 78.6 Å². The Morgan fingerprint density at radius 2 is 1.42 bits per heavy atom. The Bertz CT molecular complexity index is 681. The molecule has 0 aliphatic rings. The predicted octanol–water partition coefficient (Wildman–Crippen LogP) is 8.42. The van der Waals surface area contributed by atoms with Gasteiger partial charge in [-0.15, -0.1) is 0 Å². The van der Waals surface area contributed by atoms with Crippen LogP contribution in [-0.4, -0.2) is 16.6 Å². The van der Waals surface area contributed by atoms with Crippen LogP contribution in [0.2, 0.25) is 0 Å². The largest absolute Gasteiger partial charge is 0.494 e. The van der Waals surface area contributed by atoms with Crippen molar-refractivity contribution >= 4 is 0 Å². The lowest BCUT2D eigenvalue weighted by Crippen LogP contribution is -1.99. The van der Waals surface area contributed by atoms with Gasteiger partial charge in [0.1, 0.15) is 5.75 Å². The van der Waals surface area contributed by atoms with Gasteiger partial charge in [-0.05, 0) is 61.4 Å². The first kappa shape index (κ1) is 25.4. The van der Waals surface area contributed by atoms with Crippen LogP contribution < -0.4 is 4.74 Å². The molecule has 3 nitrogen and oxygen atoms in total. The van der Waals surface area contributed by atoms with Gasteiger partial charge >= 0.3 is 0 Å². The molecule has 0 aliphatic carbocycles. The fraction of sp³-hybridized carbons (Fsp3) is 0.643. The highest BCUT2D eigenvalue weighted by atomic mass is 16.5. The zero-order chi connectivity index (χ0) is 22.2. The van der Waals surface area contributed by atoms with Crippen molar-refractivity contribution in [2.24, 2.45) is 5.92 Å². The first-order chi connectivity index (χ1) is 15.2. The highest BCUT2D eigenvalue weighted by Gasteiger charge is 2.04. The van der Waals surface area contributed by atoms with Crippen LogP contribution >= 0.6 is 0 Å². The Morgan fingerprint density at radius 1 is 0.774 bits per heavy atom. The van der Waals surface area contributed by atoms with E-state index in [9.17, 15) is 0 Å². The quantitative estimate of drug-likeness (QED) is 0.239. The summed E-state index contributed by atoms with van der Waals surface area (Å²) < 4.78 is 5.88. The minimum absolute atomic E-state index is 0.791. The molecule has 31 heavy (non-hydrogen) atoms. The van der Waals surface area contributed by atoms with Crippen molar-refractivity contribution in [3.05, 3.63) is 42.2 Å². The van der Waals surface area contributed by atoms with Crippen molar-refractivity contribution in [1.29, 1.82) is 0 Å². The number of ether oxygens (including phenoxy) is 1. The second-order valence-electron chi connectivity index (χ2n) is 9.02. The highest BCUT2D eigenvalue weighted by Crippen LogP contribution is 2.20. The summed E-state index contributed by atoms with van der Waals surface area (Å²) in [6.45, 7) is 7.65. The van der Waals surface area contributed by atoms with Gasteiger partial charge < -0.3 is 4.74 Å². The molecular formula is C28H44N2O. The molecular weight excluding hydrogens is 380 g/mol. The Balaban J connectivity index is 1.65. The van der Waals surface area contributed by atoms with Gasteiger partial charge in [0.25, 0.3) is 0 Å². The molecule has 0 spiro atoms. The zero-order valence-corrected chi connectivity index (χ0v) is 20.2. The lowest BCUT2D eigenvalue weighted by molar-refractivity contribution is 0.300. The van der Waals surface area contributed by atoms with E-state index in [0.29, 0.717) is 0 Å². The molecule has 2 aromatic rings. The molecule has 2 rings (SSSR count). The van der Waals surface area contributed by atoms with E-state index in [1.165, 1.54) is 76.2 Å². The minimum Gasteiger partial charge on any atom is -0.494 e. The molecule has 1 atom stereocenters. The lowest BCUT2D eigenvalue weighted by Gasteiger charge is -2.09. The zero-order valence-electron chi connectivity index (χ0n) is 20.2. The summed E-state index contributed by atoms with van der Waals surface area (Å²) in [5.74, 6) is 2.55. The second kappa shape index (κ2) is 15.8. The Kier molecular flexibility index (Phi) is 13.0.